The molecule has 0 aliphatic carbocycles. The Labute approximate surface area is 134 Å². The van der Waals surface area contributed by atoms with Crippen LogP contribution in [0.4, 0.5) is 0 Å². The average molecular weight is 361 g/mol. The molecule has 22 heavy (non-hydrogen) atoms. The number of fused-ring (bicyclic) bond motifs is 1. The van der Waals surface area contributed by atoms with E-state index < -0.39 is 0 Å². The zero-order valence-corrected chi connectivity index (χ0v) is 13.3. The van der Waals surface area contributed by atoms with Gasteiger partial charge in [-0.3, -0.25) is 4.79 Å². The van der Waals surface area contributed by atoms with Gasteiger partial charge in [0.1, 0.15) is 17.6 Å². The highest BCUT2D eigenvalue weighted by atomic mass is 79.9. The van der Waals surface area contributed by atoms with E-state index in [1.807, 2.05) is 13.0 Å². The first-order valence-electron chi connectivity index (χ1n) is 6.66. The fourth-order valence-corrected chi connectivity index (χ4v) is 2.87. The normalized spacial score (nSPS) is 11.0. The fraction of sp³-hybridized carbons (Fsp3) is 0.118. The van der Waals surface area contributed by atoms with Gasteiger partial charge in [-0.25, -0.2) is 0 Å². The lowest BCUT2D eigenvalue weighted by Crippen LogP contribution is -2.06. The molecular formula is C17H13BrO4. The van der Waals surface area contributed by atoms with Crippen LogP contribution in [0.1, 0.15) is 11.1 Å². The summed E-state index contributed by atoms with van der Waals surface area (Å²) in [6, 6.07) is 8.29. The third-order valence-corrected chi connectivity index (χ3v) is 4.66. The van der Waals surface area contributed by atoms with Crippen molar-refractivity contribution in [3.63, 3.8) is 0 Å². The summed E-state index contributed by atoms with van der Waals surface area (Å²) in [5.74, 6) is -0.00606. The topological polar surface area (TPSA) is 70.7 Å². The smallest absolute Gasteiger partial charge is 0.201 e. The maximum absolute atomic E-state index is 12.8. The fourth-order valence-electron chi connectivity index (χ4n) is 2.36. The van der Waals surface area contributed by atoms with Gasteiger partial charge in [-0.15, -0.1) is 0 Å². The van der Waals surface area contributed by atoms with Crippen LogP contribution in [0.5, 0.6) is 5.75 Å². The highest BCUT2D eigenvalue weighted by Gasteiger charge is 2.14. The second-order valence-electron chi connectivity index (χ2n) is 5.05. The van der Waals surface area contributed by atoms with Crippen LogP contribution in [-0.4, -0.2) is 10.2 Å². The van der Waals surface area contributed by atoms with Crippen molar-refractivity contribution in [2.45, 2.75) is 13.5 Å². The third-order valence-electron chi connectivity index (χ3n) is 3.63. The van der Waals surface area contributed by atoms with Gasteiger partial charge >= 0.3 is 0 Å². The highest BCUT2D eigenvalue weighted by molar-refractivity contribution is 9.10. The van der Waals surface area contributed by atoms with Gasteiger partial charge in [0, 0.05) is 10.0 Å². The second kappa shape index (κ2) is 5.59. The number of aliphatic hydroxyl groups excluding tert-OH is 1. The summed E-state index contributed by atoms with van der Waals surface area (Å²) in [7, 11) is 0. The first-order valence-corrected chi connectivity index (χ1v) is 7.46. The minimum atomic E-state index is -0.304. The molecule has 0 radical (unpaired) electrons. The SMILES string of the molecule is Cc1ccc2occ(-c3ccc(O)c(CO)c3)c(=O)c2c1Br. The summed E-state index contributed by atoms with van der Waals surface area (Å²) in [5.41, 5.74) is 2.62. The van der Waals surface area contributed by atoms with Crippen LogP contribution in [0, 0.1) is 6.92 Å². The van der Waals surface area contributed by atoms with Crippen molar-refractivity contribution in [3.8, 4) is 16.9 Å². The van der Waals surface area contributed by atoms with Crippen molar-refractivity contribution < 1.29 is 14.6 Å². The quantitative estimate of drug-likeness (QED) is 0.730. The molecule has 0 aliphatic heterocycles. The first kappa shape index (κ1) is 14.8. The van der Waals surface area contributed by atoms with Crippen molar-refractivity contribution in [1.82, 2.24) is 0 Å². The first-order chi connectivity index (χ1) is 10.5. The molecule has 0 spiro atoms. The maximum atomic E-state index is 12.8. The Morgan fingerprint density at radius 3 is 2.73 bits per heavy atom. The number of aliphatic hydroxyl groups is 1. The van der Waals surface area contributed by atoms with Crippen LogP contribution in [0.2, 0.25) is 0 Å². The number of rotatable bonds is 2. The van der Waals surface area contributed by atoms with E-state index in [9.17, 15) is 15.0 Å². The molecule has 0 atom stereocenters. The molecule has 5 heteroatoms. The van der Waals surface area contributed by atoms with E-state index in [0.717, 1.165) is 5.56 Å². The summed E-state index contributed by atoms with van der Waals surface area (Å²) in [6.07, 6.45) is 1.40. The number of hydrogen-bond donors (Lipinski definition) is 2. The van der Waals surface area contributed by atoms with Crippen molar-refractivity contribution in [3.05, 3.63) is 62.4 Å². The van der Waals surface area contributed by atoms with Crippen LogP contribution < -0.4 is 5.43 Å². The highest BCUT2D eigenvalue weighted by Crippen LogP contribution is 2.29. The monoisotopic (exact) mass is 360 g/mol. The van der Waals surface area contributed by atoms with E-state index in [1.165, 1.54) is 12.3 Å². The summed E-state index contributed by atoms with van der Waals surface area (Å²) < 4.78 is 6.27. The lowest BCUT2D eigenvalue weighted by atomic mass is 10.0. The molecular weight excluding hydrogens is 348 g/mol. The molecule has 112 valence electrons. The van der Waals surface area contributed by atoms with E-state index in [-0.39, 0.29) is 17.8 Å². The van der Waals surface area contributed by atoms with Crippen LogP contribution in [0.25, 0.3) is 22.1 Å². The van der Waals surface area contributed by atoms with Gasteiger partial charge in [-0.1, -0.05) is 12.1 Å². The van der Waals surface area contributed by atoms with Crippen molar-refractivity contribution in [2.75, 3.05) is 0 Å². The Bertz CT molecular complexity index is 928. The zero-order valence-electron chi connectivity index (χ0n) is 11.8. The van der Waals surface area contributed by atoms with Gasteiger partial charge in [0.05, 0.1) is 17.6 Å². The molecule has 2 N–H and O–H groups in total. The summed E-state index contributed by atoms with van der Waals surface area (Å²) in [6.45, 7) is 1.60. The number of hydrogen-bond acceptors (Lipinski definition) is 4. The molecule has 0 amide bonds. The summed E-state index contributed by atoms with van der Waals surface area (Å²) >= 11 is 3.44. The average Bonchev–Trinajstić information content (AvgIpc) is 2.52. The standard InChI is InChI=1S/C17H13BrO4/c1-9-2-5-14-15(16(9)18)17(21)12(8-22-14)10-3-4-13(20)11(6-10)7-19/h2-6,8,19-20H,7H2,1H3. The van der Waals surface area contributed by atoms with Gasteiger partial charge in [0.25, 0.3) is 0 Å². The second-order valence-corrected chi connectivity index (χ2v) is 5.84. The lowest BCUT2D eigenvalue weighted by Gasteiger charge is -2.08. The summed E-state index contributed by atoms with van der Waals surface area (Å²) in [5, 5.41) is 19.4. The molecule has 3 aromatic rings. The Morgan fingerprint density at radius 2 is 2.00 bits per heavy atom. The largest absolute Gasteiger partial charge is 0.508 e. The van der Waals surface area contributed by atoms with E-state index in [4.69, 9.17) is 4.42 Å². The molecule has 0 aliphatic rings. The van der Waals surface area contributed by atoms with Gasteiger partial charge in [-0.05, 0) is 52.2 Å². The van der Waals surface area contributed by atoms with Crippen molar-refractivity contribution in [1.29, 1.82) is 0 Å². The molecule has 1 aromatic heterocycles. The van der Waals surface area contributed by atoms with Crippen molar-refractivity contribution in [2.24, 2.45) is 0 Å². The number of benzene rings is 2. The molecule has 0 fully saturated rings. The molecule has 0 unspecified atom stereocenters. The number of aromatic hydroxyl groups is 1. The minimum Gasteiger partial charge on any atom is -0.508 e. The predicted octanol–water partition coefficient (Wildman–Crippen LogP) is 3.73. The van der Waals surface area contributed by atoms with E-state index in [1.54, 1.807) is 18.2 Å². The van der Waals surface area contributed by atoms with Crippen LogP contribution >= 0.6 is 15.9 Å². The number of phenols is 1. The van der Waals surface area contributed by atoms with Gasteiger partial charge < -0.3 is 14.6 Å². The number of halogens is 1. The zero-order chi connectivity index (χ0) is 15.9. The molecule has 0 saturated carbocycles. The van der Waals surface area contributed by atoms with Crippen LogP contribution in [-0.2, 0) is 6.61 Å². The Morgan fingerprint density at radius 1 is 1.23 bits per heavy atom. The van der Waals surface area contributed by atoms with Crippen LogP contribution in [0.15, 0.2) is 50.3 Å². The maximum Gasteiger partial charge on any atom is 0.201 e. The Hall–Kier alpha value is -2.11. The van der Waals surface area contributed by atoms with Crippen LogP contribution in [0.3, 0.4) is 0 Å². The molecule has 3 rings (SSSR count). The van der Waals surface area contributed by atoms with Gasteiger partial charge in [-0.2, -0.15) is 0 Å². The van der Waals surface area contributed by atoms with Gasteiger partial charge in [0.2, 0.25) is 5.43 Å². The molecule has 1 heterocycles. The molecule has 0 bridgehead atoms. The lowest BCUT2D eigenvalue weighted by molar-refractivity contribution is 0.275. The predicted molar refractivity (Wildman–Crippen MR) is 87.9 cm³/mol. The van der Waals surface area contributed by atoms with Crippen molar-refractivity contribution >= 4 is 26.9 Å². The minimum absolute atomic E-state index is 0.00606. The van der Waals surface area contributed by atoms with E-state index in [0.29, 0.717) is 32.1 Å². The van der Waals surface area contributed by atoms with E-state index >= 15 is 0 Å². The van der Waals surface area contributed by atoms with Gasteiger partial charge in [0.15, 0.2) is 0 Å². The molecule has 0 saturated heterocycles. The summed E-state index contributed by atoms with van der Waals surface area (Å²) in [4.78, 5) is 12.8. The third kappa shape index (κ3) is 2.32. The Balaban J connectivity index is 2.31. The number of aryl methyl sites for hydroxylation is 1. The Kier molecular flexibility index (Phi) is 3.76. The molecule has 4 nitrogen and oxygen atoms in total. The molecule has 2 aromatic carbocycles. The van der Waals surface area contributed by atoms with E-state index in [2.05, 4.69) is 15.9 Å².